The third-order valence-electron chi connectivity index (χ3n) is 5.16. The van der Waals surface area contributed by atoms with Crippen LogP contribution in [0, 0.1) is 11.8 Å². The van der Waals surface area contributed by atoms with Crippen LogP contribution in [0.3, 0.4) is 0 Å². The van der Waals surface area contributed by atoms with Crippen molar-refractivity contribution in [2.24, 2.45) is 0 Å². The predicted octanol–water partition coefficient (Wildman–Crippen LogP) is 5.80. The van der Waals surface area contributed by atoms with E-state index in [0.29, 0.717) is 0 Å². The van der Waals surface area contributed by atoms with Crippen molar-refractivity contribution in [3.63, 3.8) is 0 Å². The summed E-state index contributed by atoms with van der Waals surface area (Å²) < 4.78 is 0. The molecule has 2 aromatic carbocycles. The predicted molar refractivity (Wildman–Crippen MR) is 155 cm³/mol. The Bertz CT molecular complexity index is 949. The Balaban J connectivity index is 0.000000337. The van der Waals surface area contributed by atoms with Gasteiger partial charge < -0.3 is 20.6 Å². The van der Waals surface area contributed by atoms with Gasteiger partial charge in [0.15, 0.2) is 0 Å². The van der Waals surface area contributed by atoms with Crippen molar-refractivity contribution in [1.29, 1.82) is 0 Å². The number of amides is 2. The lowest BCUT2D eigenvalue weighted by Gasteiger charge is -2.24. The van der Waals surface area contributed by atoms with E-state index in [9.17, 15) is 4.79 Å². The largest absolute Gasteiger partial charge is 0.400 e. The fraction of sp³-hybridized carbons (Fsp3) is 0.355. The molecule has 3 aromatic rings. The summed E-state index contributed by atoms with van der Waals surface area (Å²) in [4.78, 5) is 18.1. The Morgan fingerprint density at radius 1 is 0.811 bits per heavy atom. The van der Waals surface area contributed by atoms with Crippen LogP contribution >= 0.6 is 0 Å². The second kappa shape index (κ2) is 21.6. The van der Waals surface area contributed by atoms with Gasteiger partial charge in [-0.25, -0.2) is 4.79 Å². The molecule has 0 spiro atoms. The van der Waals surface area contributed by atoms with Crippen LogP contribution in [0.4, 0.5) is 10.5 Å². The van der Waals surface area contributed by atoms with E-state index in [2.05, 4.69) is 27.5 Å². The molecule has 0 aliphatic carbocycles. The molecule has 1 saturated heterocycles. The number of carbonyl (C=O) groups excluding carboxylic acids is 1. The summed E-state index contributed by atoms with van der Waals surface area (Å²) in [5, 5.41) is 13.3. The highest BCUT2D eigenvalue weighted by Crippen LogP contribution is 2.07. The quantitative estimate of drug-likeness (QED) is 0.368. The molecule has 1 aliphatic rings. The van der Waals surface area contributed by atoms with Crippen LogP contribution in [-0.4, -0.2) is 54.3 Å². The van der Waals surface area contributed by atoms with Crippen LogP contribution in [-0.2, 0) is 0 Å². The molecular formula is C31H42N4O2. The highest BCUT2D eigenvalue weighted by Gasteiger charge is 2.13. The van der Waals surface area contributed by atoms with E-state index in [0.717, 1.165) is 75.8 Å². The fourth-order valence-electron chi connectivity index (χ4n) is 3.37. The second-order valence-corrected chi connectivity index (χ2v) is 7.81. The lowest BCUT2D eigenvalue weighted by molar-refractivity contribution is 0.208. The average molecular weight is 503 g/mol. The molecule has 6 nitrogen and oxygen atoms in total. The molecule has 198 valence electrons. The molecule has 1 fully saturated rings. The minimum absolute atomic E-state index is 0.0125. The normalized spacial score (nSPS) is 12.8. The Labute approximate surface area is 223 Å². The van der Waals surface area contributed by atoms with E-state index in [1.807, 2.05) is 91.5 Å². The molecule has 0 bridgehead atoms. The zero-order valence-corrected chi connectivity index (χ0v) is 22.5. The Morgan fingerprint density at radius 2 is 1.32 bits per heavy atom. The summed E-state index contributed by atoms with van der Waals surface area (Å²) in [6, 6.07) is 23.7. The number of nitrogens with one attached hydrogen (secondary N) is 2. The molecule has 37 heavy (non-hydrogen) atoms. The van der Waals surface area contributed by atoms with E-state index in [4.69, 9.17) is 5.11 Å². The summed E-state index contributed by atoms with van der Waals surface area (Å²) >= 11 is 0. The number of nitrogens with zero attached hydrogens (tertiary/aromatic N) is 2. The first-order chi connectivity index (χ1) is 18.3. The molecule has 2 heterocycles. The Kier molecular flexibility index (Phi) is 18.3. The van der Waals surface area contributed by atoms with Crippen LogP contribution in [0.1, 0.15) is 50.7 Å². The molecule has 0 atom stereocenters. The molecule has 3 N–H and O–H groups in total. The van der Waals surface area contributed by atoms with Crippen LogP contribution in [0.25, 0.3) is 0 Å². The van der Waals surface area contributed by atoms with E-state index in [-0.39, 0.29) is 6.03 Å². The summed E-state index contributed by atoms with van der Waals surface area (Å²) in [5.41, 5.74) is 2.86. The molecule has 1 aliphatic heterocycles. The van der Waals surface area contributed by atoms with Gasteiger partial charge in [0.1, 0.15) is 0 Å². The molecule has 4 rings (SSSR count). The third-order valence-corrected chi connectivity index (χ3v) is 5.16. The number of rotatable bonds is 1. The topological polar surface area (TPSA) is 77.5 Å². The van der Waals surface area contributed by atoms with Gasteiger partial charge in [-0.05, 0) is 75.2 Å². The van der Waals surface area contributed by atoms with E-state index in [1.54, 1.807) is 12.4 Å². The fourth-order valence-corrected chi connectivity index (χ4v) is 3.37. The van der Waals surface area contributed by atoms with E-state index < -0.39 is 0 Å². The zero-order chi connectivity index (χ0) is 27.0. The van der Waals surface area contributed by atoms with Crippen molar-refractivity contribution >= 4 is 11.7 Å². The van der Waals surface area contributed by atoms with Gasteiger partial charge in [0.2, 0.25) is 0 Å². The van der Waals surface area contributed by atoms with Gasteiger partial charge in [0, 0.05) is 37.5 Å². The first-order valence-corrected chi connectivity index (χ1v) is 13.0. The molecular weight excluding hydrogens is 460 g/mol. The summed E-state index contributed by atoms with van der Waals surface area (Å²) in [6.07, 6.45) is 7.71. The highest BCUT2D eigenvalue weighted by atomic mass is 16.2. The van der Waals surface area contributed by atoms with Crippen molar-refractivity contribution in [2.75, 3.05) is 38.6 Å². The highest BCUT2D eigenvalue weighted by molar-refractivity contribution is 5.89. The van der Waals surface area contributed by atoms with E-state index in [1.165, 1.54) is 0 Å². The van der Waals surface area contributed by atoms with E-state index >= 15 is 0 Å². The Morgan fingerprint density at radius 3 is 1.78 bits per heavy atom. The van der Waals surface area contributed by atoms with Crippen LogP contribution in [0.2, 0.25) is 0 Å². The summed E-state index contributed by atoms with van der Waals surface area (Å²) in [6.45, 7) is 7.76. The van der Waals surface area contributed by atoms with Gasteiger partial charge in [0.05, 0.1) is 11.9 Å². The number of carbonyl (C=O) groups is 1. The van der Waals surface area contributed by atoms with Crippen molar-refractivity contribution in [3.05, 3.63) is 96.3 Å². The lowest BCUT2D eigenvalue weighted by atomic mass is 10.2. The molecule has 1 aromatic heterocycles. The number of aromatic nitrogens is 1. The molecule has 0 radical (unpaired) electrons. The lowest BCUT2D eigenvalue weighted by Crippen LogP contribution is -2.37. The van der Waals surface area contributed by atoms with Gasteiger partial charge >= 0.3 is 6.03 Å². The zero-order valence-electron chi connectivity index (χ0n) is 22.5. The minimum Gasteiger partial charge on any atom is -0.400 e. The monoisotopic (exact) mass is 502 g/mol. The number of aliphatic hydroxyl groups is 1. The van der Waals surface area contributed by atoms with Gasteiger partial charge in [-0.3, -0.25) is 4.98 Å². The molecule has 6 heteroatoms. The first-order valence-electron chi connectivity index (χ1n) is 13.0. The second-order valence-electron chi connectivity index (χ2n) is 7.81. The van der Waals surface area contributed by atoms with Crippen molar-refractivity contribution in [2.45, 2.75) is 39.5 Å². The first kappa shape index (κ1) is 31.4. The Hall–Kier alpha value is -3.66. The van der Waals surface area contributed by atoms with Crippen molar-refractivity contribution in [3.8, 4) is 11.8 Å². The molecule has 2 amide bonds. The molecule has 0 unspecified atom stereocenters. The number of hydrogen-bond acceptors (Lipinski definition) is 4. The number of pyridine rings is 1. The smallest absolute Gasteiger partial charge is 0.321 e. The number of aliphatic hydroxyl groups excluding tert-OH is 1. The standard InChI is InChI=1S/C14H22N4O.C14H10.C2H6.CH4O/c19-14(17-13-6-5-9-16-12-13)18-10-3-1-7-15-8-2-4-11-18;1-3-7-13(8-4-1)11-12-14-9-5-2-6-10-14;2*1-2/h5-6,9,12,15H,1-4,7-8,10-11H2,(H,17,19);1-10H;1-2H3;2H,1H3. The van der Waals surface area contributed by atoms with Gasteiger partial charge in [-0.2, -0.15) is 0 Å². The third kappa shape index (κ3) is 14.5. The van der Waals surface area contributed by atoms with Gasteiger partial charge in [0.25, 0.3) is 0 Å². The van der Waals surface area contributed by atoms with Gasteiger partial charge in [-0.1, -0.05) is 62.1 Å². The molecule has 0 saturated carbocycles. The minimum atomic E-state index is -0.0125. The maximum Gasteiger partial charge on any atom is 0.321 e. The number of benzene rings is 2. The van der Waals surface area contributed by atoms with Crippen LogP contribution < -0.4 is 10.6 Å². The van der Waals surface area contributed by atoms with Crippen molar-refractivity contribution in [1.82, 2.24) is 15.2 Å². The maximum absolute atomic E-state index is 12.2. The van der Waals surface area contributed by atoms with Crippen LogP contribution in [0.15, 0.2) is 85.2 Å². The SMILES string of the molecule is C(#Cc1ccccc1)c1ccccc1.CC.CO.O=C(Nc1cccnc1)N1CCCCNCCCC1. The average Bonchev–Trinajstić information content (AvgIpc) is 2.99. The summed E-state index contributed by atoms with van der Waals surface area (Å²) in [7, 11) is 1.00. The van der Waals surface area contributed by atoms with Gasteiger partial charge in [-0.15, -0.1) is 0 Å². The summed E-state index contributed by atoms with van der Waals surface area (Å²) in [5.74, 6) is 6.22. The maximum atomic E-state index is 12.2. The number of urea groups is 1. The van der Waals surface area contributed by atoms with Crippen molar-refractivity contribution < 1.29 is 9.90 Å². The number of anilines is 1. The van der Waals surface area contributed by atoms with Crippen LogP contribution in [0.5, 0.6) is 0 Å². The number of hydrogen-bond donors (Lipinski definition) is 3.